The van der Waals surface area contributed by atoms with Crippen LogP contribution in [0.3, 0.4) is 0 Å². The van der Waals surface area contributed by atoms with Crippen LogP contribution in [0, 0.1) is 23.7 Å². The lowest BCUT2D eigenvalue weighted by Crippen LogP contribution is -2.44. The summed E-state index contributed by atoms with van der Waals surface area (Å²) in [7, 11) is 0. The van der Waals surface area contributed by atoms with Crippen molar-refractivity contribution < 1.29 is 19.8 Å². The van der Waals surface area contributed by atoms with Crippen LogP contribution in [0.2, 0.25) is 0 Å². The number of aliphatic carboxylic acids is 2. The van der Waals surface area contributed by atoms with Crippen LogP contribution in [0.5, 0.6) is 0 Å². The van der Waals surface area contributed by atoms with Gasteiger partial charge in [-0.2, -0.15) is 0 Å². The first-order chi connectivity index (χ1) is 8.61. The van der Waals surface area contributed by atoms with Crippen molar-refractivity contribution in [2.75, 3.05) is 0 Å². The quantitative estimate of drug-likeness (QED) is 0.825. The highest BCUT2D eigenvalue weighted by molar-refractivity contribution is 5.71. The fourth-order valence-electron chi connectivity index (χ4n) is 3.94. The predicted molar refractivity (Wildman–Crippen MR) is 63.5 cm³/mol. The second kappa shape index (κ2) is 5.72. The highest BCUT2D eigenvalue weighted by Gasteiger charge is 2.40. The Kier molecular flexibility index (Phi) is 4.25. The van der Waals surface area contributed by atoms with E-state index in [1.165, 1.54) is 0 Å². The fourth-order valence-corrected chi connectivity index (χ4v) is 3.94. The monoisotopic (exact) mass is 253 g/mol. The molecule has 0 aromatic rings. The van der Waals surface area contributed by atoms with Crippen LogP contribution in [0.25, 0.3) is 0 Å². The molecule has 0 bridgehead atoms. The molecule has 2 fully saturated rings. The van der Waals surface area contributed by atoms with Crippen LogP contribution in [0.15, 0.2) is 0 Å². The van der Waals surface area contributed by atoms with Crippen LogP contribution < -0.4 is 5.11 Å². The molecule has 2 rings (SSSR count). The highest BCUT2D eigenvalue weighted by Crippen LogP contribution is 2.44. The maximum atomic E-state index is 11.3. The van der Waals surface area contributed by atoms with Gasteiger partial charge in [-0.15, -0.1) is 0 Å². The molecule has 102 valence electrons. The molecule has 4 nitrogen and oxygen atoms in total. The average molecular weight is 253 g/mol. The molecule has 0 spiro atoms. The van der Waals surface area contributed by atoms with E-state index in [-0.39, 0.29) is 17.8 Å². The summed E-state index contributed by atoms with van der Waals surface area (Å²) in [4.78, 5) is 22.5. The lowest BCUT2D eigenvalue weighted by molar-refractivity contribution is -0.315. The van der Waals surface area contributed by atoms with Crippen LogP contribution in [0.1, 0.15) is 51.4 Å². The van der Waals surface area contributed by atoms with Crippen LogP contribution in [-0.2, 0) is 9.59 Å². The molecule has 0 aliphatic heterocycles. The first-order valence-electron chi connectivity index (χ1n) is 7.05. The minimum atomic E-state index is -0.977. The first kappa shape index (κ1) is 13.4. The zero-order valence-corrected chi connectivity index (χ0v) is 10.6. The Morgan fingerprint density at radius 3 is 1.78 bits per heavy atom. The van der Waals surface area contributed by atoms with Crippen molar-refractivity contribution in [1.29, 1.82) is 0 Å². The molecule has 2 saturated carbocycles. The summed E-state index contributed by atoms with van der Waals surface area (Å²) in [5, 5.41) is 20.5. The Bertz CT molecular complexity index is 294. The van der Waals surface area contributed by atoms with Gasteiger partial charge in [0.25, 0.3) is 0 Å². The largest absolute Gasteiger partial charge is 0.550 e. The van der Waals surface area contributed by atoms with Gasteiger partial charge in [0.1, 0.15) is 0 Å². The molecule has 4 atom stereocenters. The van der Waals surface area contributed by atoms with E-state index in [1.54, 1.807) is 0 Å². The Labute approximate surface area is 107 Å². The van der Waals surface area contributed by atoms with Gasteiger partial charge in [-0.3, -0.25) is 4.79 Å². The SMILES string of the molecule is O=C([O-])C1CCCC[C@@H]1[C@H]1CCCCC1C(=O)O. The molecule has 0 radical (unpaired) electrons. The van der Waals surface area contributed by atoms with Gasteiger partial charge in [-0.1, -0.05) is 25.7 Å². The second-order valence-corrected chi connectivity index (χ2v) is 5.77. The standard InChI is InChI=1S/C14H22O4/c15-13(16)11-7-3-1-5-9(11)10-6-2-4-8-12(10)14(17)18/h9-12H,1-8H2,(H,15,16)(H,17,18)/p-1/t9-,10-,11?,12?/m1/s1. The molecule has 18 heavy (non-hydrogen) atoms. The Balaban J connectivity index is 2.15. The van der Waals surface area contributed by atoms with Crippen LogP contribution in [-0.4, -0.2) is 17.0 Å². The summed E-state index contributed by atoms with van der Waals surface area (Å²) in [5.41, 5.74) is 0. The number of hydrogen-bond acceptors (Lipinski definition) is 3. The summed E-state index contributed by atoms with van der Waals surface area (Å²) in [6.07, 6.45) is 7.03. The highest BCUT2D eigenvalue weighted by atomic mass is 16.4. The third kappa shape index (κ3) is 2.68. The molecule has 1 N–H and O–H groups in total. The summed E-state index contributed by atoms with van der Waals surface area (Å²) in [6.45, 7) is 0. The van der Waals surface area contributed by atoms with E-state index in [0.29, 0.717) is 12.8 Å². The zero-order valence-electron chi connectivity index (χ0n) is 10.6. The number of carbonyl (C=O) groups is 2. The molecule has 2 aliphatic carbocycles. The second-order valence-electron chi connectivity index (χ2n) is 5.77. The van der Waals surface area contributed by atoms with E-state index in [2.05, 4.69) is 0 Å². The molecule has 2 aliphatic rings. The van der Waals surface area contributed by atoms with E-state index in [1.807, 2.05) is 0 Å². The number of carboxylic acid groups (broad SMARTS) is 2. The van der Waals surface area contributed by atoms with Gasteiger partial charge < -0.3 is 15.0 Å². The van der Waals surface area contributed by atoms with Crippen molar-refractivity contribution in [3.05, 3.63) is 0 Å². The normalized spacial score (nSPS) is 37.1. The topological polar surface area (TPSA) is 77.4 Å². The molecule has 4 heteroatoms. The zero-order chi connectivity index (χ0) is 13.1. The molecule has 2 unspecified atom stereocenters. The van der Waals surface area contributed by atoms with E-state index in [4.69, 9.17) is 0 Å². The molecule has 0 saturated heterocycles. The number of carboxylic acids is 2. The number of carbonyl (C=O) groups excluding carboxylic acids is 1. The van der Waals surface area contributed by atoms with Crippen LogP contribution in [0.4, 0.5) is 0 Å². The van der Waals surface area contributed by atoms with Crippen molar-refractivity contribution in [2.45, 2.75) is 51.4 Å². The van der Waals surface area contributed by atoms with Crippen molar-refractivity contribution in [2.24, 2.45) is 23.7 Å². The minimum absolute atomic E-state index is 0.0187. The Hall–Kier alpha value is -1.06. The third-order valence-corrected chi connectivity index (χ3v) is 4.81. The van der Waals surface area contributed by atoms with E-state index in [0.717, 1.165) is 38.5 Å². The Morgan fingerprint density at radius 2 is 1.28 bits per heavy atom. The predicted octanol–water partition coefficient (Wildman–Crippen LogP) is 1.43. The maximum absolute atomic E-state index is 11.3. The molecular formula is C14H21O4-. The molecule has 0 heterocycles. The van der Waals surface area contributed by atoms with Crippen molar-refractivity contribution in [3.63, 3.8) is 0 Å². The van der Waals surface area contributed by atoms with E-state index < -0.39 is 17.9 Å². The third-order valence-electron chi connectivity index (χ3n) is 4.81. The summed E-state index contributed by atoms with van der Waals surface area (Å²) < 4.78 is 0. The van der Waals surface area contributed by atoms with Gasteiger partial charge in [-0.25, -0.2) is 0 Å². The minimum Gasteiger partial charge on any atom is -0.550 e. The lowest BCUT2D eigenvalue weighted by Gasteiger charge is -2.42. The number of rotatable bonds is 3. The summed E-state index contributed by atoms with van der Waals surface area (Å²) in [5.74, 6) is -2.44. The van der Waals surface area contributed by atoms with Gasteiger partial charge in [0.2, 0.25) is 0 Å². The molecule has 0 aromatic carbocycles. The van der Waals surface area contributed by atoms with E-state index in [9.17, 15) is 19.8 Å². The summed E-state index contributed by atoms with van der Waals surface area (Å²) >= 11 is 0. The molecule has 0 aromatic heterocycles. The van der Waals surface area contributed by atoms with E-state index >= 15 is 0 Å². The average Bonchev–Trinajstić information content (AvgIpc) is 2.38. The first-order valence-corrected chi connectivity index (χ1v) is 7.05. The maximum Gasteiger partial charge on any atom is 0.306 e. The van der Waals surface area contributed by atoms with Gasteiger partial charge in [0, 0.05) is 11.9 Å². The van der Waals surface area contributed by atoms with Crippen LogP contribution >= 0.6 is 0 Å². The van der Waals surface area contributed by atoms with Gasteiger partial charge in [0.15, 0.2) is 0 Å². The molecular weight excluding hydrogens is 232 g/mol. The van der Waals surface area contributed by atoms with Gasteiger partial charge >= 0.3 is 5.97 Å². The van der Waals surface area contributed by atoms with Crippen molar-refractivity contribution in [1.82, 2.24) is 0 Å². The fraction of sp³-hybridized carbons (Fsp3) is 0.857. The summed E-state index contributed by atoms with van der Waals surface area (Å²) in [6, 6.07) is 0. The number of hydrogen-bond donors (Lipinski definition) is 1. The van der Waals surface area contributed by atoms with Gasteiger partial charge in [-0.05, 0) is 37.5 Å². The smallest absolute Gasteiger partial charge is 0.306 e. The lowest BCUT2D eigenvalue weighted by atomic mass is 9.64. The van der Waals surface area contributed by atoms with Crippen molar-refractivity contribution in [3.8, 4) is 0 Å². The van der Waals surface area contributed by atoms with Gasteiger partial charge in [0.05, 0.1) is 5.92 Å². The molecule has 0 amide bonds. The Morgan fingerprint density at radius 1 is 0.833 bits per heavy atom. The van der Waals surface area contributed by atoms with Crippen molar-refractivity contribution >= 4 is 11.9 Å².